The second kappa shape index (κ2) is 4.57. The van der Waals surface area contributed by atoms with Crippen molar-refractivity contribution in [1.29, 1.82) is 0 Å². The molecule has 0 heterocycles. The van der Waals surface area contributed by atoms with Crippen LogP contribution in [-0.2, 0) is 0 Å². The molecule has 0 spiro atoms. The fourth-order valence-corrected chi connectivity index (χ4v) is 1.17. The van der Waals surface area contributed by atoms with Crippen molar-refractivity contribution in [3.8, 4) is 0 Å². The summed E-state index contributed by atoms with van der Waals surface area (Å²) in [6.07, 6.45) is 0. The first-order chi connectivity index (χ1) is 6.63. The highest BCUT2D eigenvalue weighted by atomic mass is 16.6. The number of hydrogen-bond acceptors (Lipinski definition) is 4. The maximum Gasteiger partial charge on any atom is 0.271 e. The van der Waals surface area contributed by atoms with E-state index >= 15 is 0 Å². The number of nitrogens with zero attached hydrogens (tertiary/aromatic N) is 1. The average Bonchev–Trinajstić information content (AvgIpc) is 2.14. The fourth-order valence-electron chi connectivity index (χ4n) is 1.17. The average molecular weight is 196 g/mol. The van der Waals surface area contributed by atoms with E-state index in [0.29, 0.717) is 12.2 Å². The van der Waals surface area contributed by atoms with Crippen LogP contribution in [0.3, 0.4) is 0 Å². The van der Waals surface area contributed by atoms with Gasteiger partial charge in [0.15, 0.2) is 0 Å². The van der Waals surface area contributed by atoms with Gasteiger partial charge in [0.05, 0.1) is 11.5 Å². The van der Waals surface area contributed by atoms with E-state index in [1.165, 1.54) is 12.1 Å². The zero-order valence-corrected chi connectivity index (χ0v) is 7.86. The van der Waals surface area contributed by atoms with E-state index in [4.69, 9.17) is 5.11 Å². The van der Waals surface area contributed by atoms with E-state index < -0.39 is 4.92 Å². The molecule has 0 unspecified atom stereocenters. The first-order valence-electron chi connectivity index (χ1n) is 4.24. The first kappa shape index (κ1) is 10.5. The van der Waals surface area contributed by atoms with Crippen molar-refractivity contribution < 1.29 is 10.0 Å². The minimum atomic E-state index is -0.433. The van der Waals surface area contributed by atoms with Crippen LogP contribution < -0.4 is 5.32 Å². The summed E-state index contributed by atoms with van der Waals surface area (Å²) in [5.41, 5.74) is 1.54. The molecule has 14 heavy (non-hydrogen) atoms. The van der Waals surface area contributed by atoms with Crippen molar-refractivity contribution in [1.82, 2.24) is 0 Å². The molecule has 0 radical (unpaired) electrons. The molecule has 2 N–H and O–H groups in total. The van der Waals surface area contributed by atoms with Gasteiger partial charge in [-0.2, -0.15) is 0 Å². The number of non-ortho nitro benzene ring substituents is 1. The van der Waals surface area contributed by atoms with Gasteiger partial charge >= 0.3 is 0 Å². The minimum absolute atomic E-state index is 0.00173. The summed E-state index contributed by atoms with van der Waals surface area (Å²) in [6.45, 7) is 2.18. The Bertz CT molecular complexity index is 339. The maximum absolute atomic E-state index is 10.5. The van der Waals surface area contributed by atoms with Gasteiger partial charge in [-0.15, -0.1) is 0 Å². The molecule has 0 saturated carbocycles. The van der Waals surface area contributed by atoms with Gasteiger partial charge < -0.3 is 10.4 Å². The van der Waals surface area contributed by atoms with Crippen LogP contribution in [0.4, 0.5) is 11.4 Å². The molecule has 0 saturated heterocycles. The molecule has 0 aliphatic carbocycles. The van der Waals surface area contributed by atoms with Crippen molar-refractivity contribution in [2.45, 2.75) is 6.92 Å². The number of hydrogen-bond donors (Lipinski definition) is 2. The highest BCUT2D eigenvalue weighted by molar-refractivity contribution is 5.53. The summed E-state index contributed by atoms with van der Waals surface area (Å²) >= 11 is 0. The summed E-state index contributed by atoms with van der Waals surface area (Å²) < 4.78 is 0. The fraction of sp³-hybridized carbons (Fsp3) is 0.333. The van der Waals surface area contributed by atoms with Crippen LogP contribution in [0.25, 0.3) is 0 Å². The third-order valence-corrected chi connectivity index (χ3v) is 1.71. The standard InChI is InChI=1S/C9H12N2O3/c1-7-4-8(10-2-3-12)6-9(5-7)11(13)14/h4-6,10,12H,2-3H2,1H3. The molecule has 1 rings (SSSR count). The molecule has 0 aliphatic rings. The summed E-state index contributed by atoms with van der Waals surface area (Å²) in [5, 5.41) is 22.0. The van der Waals surface area contributed by atoms with E-state index in [0.717, 1.165) is 5.56 Å². The van der Waals surface area contributed by atoms with Crippen molar-refractivity contribution in [2.75, 3.05) is 18.5 Å². The predicted molar refractivity (Wildman–Crippen MR) is 53.4 cm³/mol. The lowest BCUT2D eigenvalue weighted by atomic mass is 10.2. The highest BCUT2D eigenvalue weighted by Gasteiger charge is 2.07. The Morgan fingerprint density at radius 3 is 2.79 bits per heavy atom. The molecule has 5 nitrogen and oxygen atoms in total. The molecule has 5 heteroatoms. The number of nitro benzene ring substituents is 1. The second-order valence-corrected chi connectivity index (χ2v) is 2.96. The molecule has 0 fully saturated rings. The largest absolute Gasteiger partial charge is 0.395 e. The Balaban J connectivity index is 2.89. The second-order valence-electron chi connectivity index (χ2n) is 2.96. The minimum Gasteiger partial charge on any atom is -0.395 e. The number of aliphatic hydroxyl groups excluding tert-OH is 1. The Morgan fingerprint density at radius 1 is 1.50 bits per heavy atom. The van der Waals surface area contributed by atoms with Crippen molar-refractivity contribution in [2.24, 2.45) is 0 Å². The molecule has 0 atom stereocenters. The monoisotopic (exact) mass is 196 g/mol. The van der Waals surface area contributed by atoms with Crippen LogP contribution in [0, 0.1) is 17.0 Å². The number of nitro groups is 1. The van der Waals surface area contributed by atoms with Crippen LogP contribution in [0.5, 0.6) is 0 Å². The molecule has 76 valence electrons. The molecule has 0 aliphatic heterocycles. The molecular weight excluding hydrogens is 184 g/mol. The van der Waals surface area contributed by atoms with Gasteiger partial charge in [0, 0.05) is 24.4 Å². The first-order valence-corrected chi connectivity index (χ1v) is 4.24. The number of aliphatic hydroxyl groups is 1. The quantitative estimate of drug-likeness (QED) is 0.562. The third-order valence-electron chi connectivity index (χ3n) is 1.71. The van der Waals surface area contributed by atoms with Gasteiger partial charge in [-0.05, 0) is 18.6 Å². The van der Waals surface area contributed by atoms with E-state index in [1.54, 1.807) is 13.0 Å². The van der Waals surface area contributed by atoms with Crippen molar-refractivity contribution >= 4 is 11.4 Å². The SMILES string of the molecule is Cc1cc(NCCO)cc([N+](=O)[O-])c1. The van der Waals surface area contributed by atoms with Gasteiger partial charge in [0.2, 0.25) is 0 Å². The van der Waals surface area contributed by atoms with Crippen LogP contribution in [0.1, 0.15) is 5.56 Å². The predicted octanol–water partition coefficient (Wildman–Crippen LogP) is 1.31. The van der Waals surface area contributed by atoms with Gasteiger partial charge in [0.1, 0.15) is 0 Å². The molecule has 0 amide bonds. The van der Waals surface area contributed by atoms with E-state index in [1.807, 2.05) is 0 Å². The van der Waals surface area contributed by atoms with Gasteiger partial charge in [-0.1, -0.05) is 0 Å². The topological polar surface area (TPSA) is 75.4 Å². The molecule has 1 aromatic rings. The lowest BCUT2D eigenvalue weighted by molar-refractivity contribution is -0.384. The lowest BCUT2D eigenvalue weighted by Gasteiger charge is -2.04. The van der Waals surface area contributed by atoms with Gasteiger partial charge in [0.25, 0.3) is 5.69 Å². The zero-order valence-electron chi connectivity index (χ0n) is 7.86. The Morgan fingerprint density at radius 2 is 2.21 bits per heavy atom. The Hall–Kier alpha value is -1.62. The van der Waals surface area contributed by atoms with Crippen LogP contribution in [0.15, 0.2) is 18.2 Å². The summed E-state index contributed by atoms with van der Waals surface area (Å²) in [7, 11) is 0. The van der Waals surface area contributed by atoms with Gasteiger partial charge in [-0.25, -0.2) is 0 Å². The number of nitrogens with one attached hydrogen (secondary N) is 1. The van der Waals surface area contributed by atoms with Gasteiger partial charge in [-0.3, -0.25) is 10.1 Å². The Kier molecular flexibility index (Phi) is 3.41. The normalized spacial score (nSPS) is 9.86. The van der Waals surface area contributed by atoms with Crippen molar-refractivity contribution in [3.05, 3.63) is 33.9 Å². The summed E-state index contributed by atoms with van der Waals surface area (Å²) in [5.74, 6) is 0. The van der Waals surface area contributed by atoms with E-state index in [2.05, 4.69) is 5.32 Å². The Labute approximate surface area is 81.5 Å². The number of anilines is 1. The number of benzene rings is 1. The smallest absolute Gasteiger partial charge is 0.271 e. The summed E-state index contributed by atoms with van der Waals surface area (Å²) in [6, 6.07) is 4.75. The van der Waals surface area contributed by atoms with E-state index in [-0.39, 0.29) is 12.3 Å². The molecule has 0 bridgehead atoms. The van der Waals surface area contributed by atoms with Crippen molar-refractivity contribution in [3.63, 3.8) is 0 Å². The van der Waals surface area contributed by atoms with Crippen LogP contribution in [-0.4, -0.2) is 23.2 Å². The zero-order chi connectivity index (χ0) is 10.6. The van der Waals surface area contributed by atoms with Crippen LogP contribution in [0.2, 0.25) is 0 Å². The number of aryl methyl sites for hydroxylation is 1. The van der Waals surface area contributed by atoms with E-state index in [9.17, 15) is 10.1 Å². The lowest BCUT2D eigenvalue weighted by Crippen LogP contribution is -2.05. The highest BCUT2D eigenvalue weighted by Crippen LogP contribution is 2.19. The summed E-state index contributed by atoms with van der Waals surface area (Å²) in [4.78, 5) is 10.1. The molecule has 1 aromatic carbocycles. The molecule has 0 aromatic heterocycles. The number of rotatable bonds is 4. The third kappa shape index (κ3) is 2.70. The maximum atomic E-state index is 10.5. The molecular formula is C9H12N2O3. The van der Waals surface area contributed by atoms with Crippen LogP contribution >= 0.6 is 0 Å².